The molecule has 0 bridgehead atoms. The lowest BCUT2D eigenvalue weighted by molar-refractivity contribution is -0.144. The standard InChI is InChI=1S/C23H31N5O3/c1-3-24-23(31)26-20(12-17-13-25-19-7-5-4-6-18(17)19)22(30)27-10-11-28(15(2)14-27)21(29)16-8-9-16/h4-7,13,15-16,20,25H,3,8-12,14H2,1-2H3,(H2,24,26,31). The summed E-state index contributed by atoms with van der Waals surface area (Å²) in [5.74, 6) is 0.288. The van der Waals surface area contributed by atoms with Crippen molar-refractivity contribution in [3.8, 4) is 0 Å². The topological polar surface area (TPSA) is 97.5 Å². The first-order chi connectivity index (χ1) is 15.0. The maximum absolute atomic E-state index is 13.4. The third-order valence-electron chi connectivity index (χ3n) is 6.19. The molecule has 2 fully saturated rings. The number of rotatable bonds is 6. The molecule has 4 amide bonds. The zero-order chi connectivity index (χ0) is 22.0. The van der Waals surface area contributed by atoms with Crippen LogP contribution in [0.3, 0.4) is 0 Å². The lowest BCUT2D eigenvalue weighted by atomic mass is 10.0. The van der Waals surface area contributed by atoms with Gasteiger partial charge in [-0.15, -0.1) is 0 Å². The van der Waals surface area contributed by atoms with Crippen LogP contribution in [0.1, 0.15) is 32.3 Å². The molecule has 2 unspecified atom stereocenters. The van der Waals surface area contributed by atoms with Crippen LogP contribution in [0.2, 0.25) is 0 Å². The second kappa shape index (κ2) is 8.99. The largest absolute Gasteiger partial charge is 0.361 e. The Kier molecular flexibility index (Phi) is 6.15. The number of carbonyl (C=O) groups excluding carboxylic acids is 3. The molecule has 8 heteroatoms. The number of piperazine rings is 1. The highest BCUT2D eigenvalue weighted by molar-refractivity contribution is 5.89. The SMILES string of the molecule is CCNC(=O)NC(Cc1c[nH]c2ccccc12)C(=O)N1CCN(C(=O)C2CC2)C(C)C1. The number of aromatic amines is 1. The first-order valence-corrected chi connectivity index (χ1v) is 11.2. The van der Waals surface area contributed by atoms with E-state index in [0.29, 0.717) is 32.6 Å². The van der Waals surface area contributed by atoms with Gasteiger partial charge in [-0.2, -0.15) is 0 Å². The second-order valence-corrected chi connectivity index (χ2v) is 8.56. The number of urea groups is 1. The van der Waals surface area contributed by atoms with Crippen molar-refractivity contribution in [2.45, 2.75) is 45.2 Å². The van der Waals surface area contributed by atoms with E-state index < -0.39 is 6.04 Å². The summed E-state index contributed by atoms with van der Waals surface area (Å²) in [6.45, 7) is 5.84. The predicted molar refractivity (Wildman–Crippen MR) is 118 cm³/mol. The van der Waals surface area contributed by atoms with E-state index in [1.165, 1.54) is 0 Å². The third kappa shape index (κ3) is 4.68. The van der Waals surface area contributed by atoms with Crippen molar-refractivity contribution in [1.82, 2.24) is 25.4 Å². The molecule has 1 saturated carbocycles. The zero-order valence-electron chi connectivity index (χ0n) is 18.2. The quantitative estimate of drug-likeness (QED) is 0.659. The van der Waals surface area contributed by atoms with Crippen molar-refractivity contribution in [2.24, 2.45) is 5.92 Å². The van der Waals surface area contributed by atoms with Gasteiger partial charge in [0.2, 0.25) is 11.8 Å². The van der Waals surface area contributed by atoms with Gasteiger partial charge < -0.3 is 25.4 Å². The Labute approximate surface area is 182 Å². The molecule has 2 aliphatic rings. The Morgan fingerprint density at radius 3 is 2.68 bits per heavy atom. The van der Waals surface area contributed by atoms with E-state index in [4.69, 9.17) is 0 Å². The number of nitrogens with one attached hydrogen (secondary N) is 3. The molecule has 0 radical (unpaired) electrons. The minimum atomic E-state index is -0.677. The fraction of sp³-hybridized carbons (Fsp3) is 0.522. The van der Waals surface area contributed by atoms with Gasteiger partial charge in [-0.3, -0.25) is 9.59 Å². The minimum absolute atomic E-state index is 0.0241. The Morgan fingerprint density at radius 2 is 1.97 bits per heavy atom. The maximum Gasteiger partial charge on any atom is 0.315 e. The lowest BCUT2D eigenvalue weighted by Gasteiger charge is -2.41. The van der Waals surface area contributed by atoms with Crippen molar-refractivity contribution in [1.29, 1.82) is 0 Å². The molecule has 3 N–H and O–H groups in total. The van der Waals surface area contributed by atoms with E-state index in [9.17, 15) is 14.4 Å². The van der Waals surface area contributed by atoms with Gasteiger partial charge in [0, 0.05) is 61.7 Å². The van der Waals surface area contributed by atoms with Gasteiger partial charge >= 0.3 is 6.03 Å². The first-order valence-electron chi connectivity index (χ1n) is 11.2. The van der Waals surface area contributed by atoms with Crippen LogP contribution in [0.4, 0.5) is 4.79 Å². The average molecular weight is 426 g/mol. The fourth-order valence-electron chi connectivity index (χ4n) is 4.36. The van der Waals surface area contributed by atoms with Crippen molar-refractivity contribution in [3.05, 3.63) is 36.0 Å². The molecule has 166 valence electrons. The summed E-state index contributed by atoms with van der Waals surface area (Å²) in [7, 11) is 0. The van der Waals surface area contributed by atoms with Crippen LogP contribution in [0.5, 0.6) is 0 Å². The smallest absolute Gasteiger partial charge is 0.315 e. The number of carbonyl (C=O) groups is 3. The van der Waals surface area contributed by atoms with Crippen molar-refractivity contribution in [3.63, 3.8) is 0 Å². The van der Waals surface area contributed by atoms with Gasteiger partial charge in [-0.25, -0.2) is 4.79 Å². The maximum atomic E-state index is 13.4. The number of H-pyrrole nitrogens is 1. The molecule has 8 nitrogen and oxygen atoms in total. The van der Waals surface area contributed by atoms with Gasteiger partial charge in [0.1, 0.15) is 6.04 Å². The first kappa shape index (κ1) is 21.2. The van der Waals surface area contributed by atoms with E-state index in [1.54, 1.807) is 4.90 Å². The molecule has 1 aliphatic carbocycles. The summed E-state index contributed by atoms with van der Waals surface area (Å²) >= 11 is 0. The number of hydrogen-bond donors (Lipinski definition) is 3. The molecule has 1 aromatic heterocycles. The van der Waals surface area contributed by atoms with Crippen LogP contribution in [-0.4, -0.2) is 70.9 Å². The summed E-state index contributed by atoms with van der Waals surface area (Å²) in [4.78, 5) is 45.1. The van der Waals surface area contributed by atoms with E-state index in [0.717, 1.165) is 29.3 Å². The molecule has 2 atom stereocenters. The van der Waals surface area contributed by atoms with Gasteiger partial charge in [-0.1, -0.05) is 18.2 Å². The number of aromatic nitrogens is 1. The summed E-state index contributed by atoms with van der Waals surface area (Å²) < 4.78 is 0. The van der Waals surface area contributed by atoms with Crippen LogP contribution < -0.4 is 10.6 Å². The zero-order valence-corrected chi connectivity index (χ0v) is 18.2. The minimum Gasteiger partial charge on any atom is -0.361 e. The number of hydrogen-bond acceptors (Lipinski definition) is 3. The van der Waals surface area contributed by atoms with Gasteiger partial charge in [-0.05, 0) is 38.3 Å². The monoisotopic (exact) mass is 425 g/mol. The highest BCUT2D eigenvalue weighted by Crippen LogP contribution is 2.32. The molecular weight excluding hydrogens is 394 g/mol. The summed E-state index contributed by atoms with van der Waals surface area (Å²) in [5.41, 5.74) is 1.99. The Balaban J connectivity index is 1.48. The molecule has 31 heavy (non-hydrogen) atoms. The number of para-hydroxylation sites is 1. The van der Waals surface area contributed by atoms with E-state index in [1.807, 2.05) is 49.2 Å². The van der Waals surface area contributed by atoms with E-state index >= 15 is 0 Å². The Morgan fingerprint density at radius 1 is 1.19 bits per heavy atom. The normalized spacial score (nSPS) is 19.9. The highest BCUT2D eigenvalue weighted by Gasteiger charge is 2.39. The Bertz CT molecular complexity index is 967. The summed E-state index contributed by atoms with van der Waals surface area (Å²) in [5, 5.41) is 6.63. The van der Waals surface area contributed by atoms with Gasteiger partial charge in [0.15, 0.2) is 0 Å². The fourth-order valence-corrected chi connectivity index (χ4v) is 4.36. The van der Waals surface area contributed by atoms with E-state index in [2.05, 4.69) is 15.6 Å². The Hall–Kier alpha value is -3.03. The third-order valence-corrected chi connectivity index (χ3v) is 6.19. The summed E-state index contributed by atoms with van der Waals surface area (Å²) in [6.07, 6.45) is 4.26. The van der Waals surface area contributed by atoms with Crippen LogP contribution >= 0.6 is 0 Å². The van der Waals surface area contributed by atoms with Crippen molar-refractivity contribution in [2.75, 3.05) is 26.2 Å². The van der Waals surface area contributed by atoms with Crippen molar-refractivity contribution >= 4 is 28.7 Å². The van der Waals surface area contributed by atoms with Crippen LogP contribution in [0.15, 0.2) is 30.5 Å². The van der Waals surface area contributed by atoms with Gasteiger partial charge in [0.05, 0.1) is 0 Å². The van der Waals surface area contributed by atoms with Crippen LogP contribution in [0, 0.1) is 5.92 Å². The number of nitrogens with zero attached hydrogens (tertiary/aromatic N) is 2. The van der Waals surface area contributed by atoms with Crippen LogP contribution in [0.25, 0.3) is 10.9 Å². The number of benzene rings is 1. The molecular formula is C23H31N5O3. The molecule has 1 aromatic carbocycles. The predicted octanol–water partition coefficient (Wildman–Crippen LogP) is 1.87. The highest BCUT2D eigenvalue weighted by atomic mass is 16.2. The van der Waals surface area contributed by atoms with Crippen LogP contribution in [-0.2, 0) is 16.0 Å². The average Bonchev–Trinajstić information content (AvgIpc) is 3.54. The molecule has 1 saturated heterocycles. The van der Waals surface area contributed by atoms with Gasteiger partial charge in [0.25, 0.3) is 0 Å². The second-order valence-electron chi connectivity index (χ2n) is 8.56. The molecule has 1 aliphatic heterocycles. The molecule has 2 aromatic rings. The molecule has 4 rings (SSSR count). The van der Waals surface area contributed by atoms with E-state index in [-0.39, 0.29) is 29.8 Å². The number of fused-ring (bicyclic) bond motifs is 1. The van der Waals surface area contributed by atoms with Crippen molar-refractivity contribution < 1.29 is 14.4 Å². The number of amides is 4. The molecule has 2 heterocycles. The summed E-state index contributed by atoms with van der Waals surface area (Å²) in [6, 6.07) is 6.88. The lowest BCUT2D eigenvalue weighted by Crippen LogP contribution is -2.60. The molecule has 0 spiro atoms.